The molecule has 1 aliphatic carbocycles. The van der Waals surface area contributed by atoms with Gasteiger partial charge in [0.1, 0.15) is 0 Å². The second-order valence-electron chi connectivity index (χ2n) is 7.12. The quantitative estimate of drug-likeness (QED) is 0.278. The van der Waals surface area contributed by atoms with Gasteiger partial charge in [-0.3, -0.25) is 0 Å². The van der Waals surface area contributed by atoms with Crippen LogP contribution in [0, 0.1) is 0 Å². The first-order valence-corrected chi connectivity index (χ1v) is 10.3. The van der Waals surface area contributed by atoms with Crippen molar-refractivity contribution in [3.63, 3.8) is 0 Å². The third kappa shape index (κ3) is 4.49. The van der Waals surface area contributed by atoms with Crippen molar-refractivity contribution in [1.29, 1.82) is 0 Å². The summed E-state index contributed by atoms with van der Waals surface area (Å²) in [6.45, 7) is 2.23. The van der Waals surface area contributed by atoms with E-state index in [-0.39, 0.29) is 46.4 Å². The van der Waals surface area contributed by atoms with E-state index >= 15 is 0 Å². The molecule has 0 nitrogen and oxygen atoms in total. The Kier molecular flexibility index (Phi) is 10.1. The van der Waals surface area contributed by atoms with Crippen LogP contribution in [0.4, 0.5) is 0 Å². The van der Waals surface area contributed by atoms with E-state index in [1.807, 2.05) is 0 Å². The van der Waals surface area contributed by atoms with E-state index < -0.39 is 0 Å². The molecule has 0 bridgehead atoms. The predicted octanol–water partition coefficient (Wildman–Crippen LogP) is -2.36. The Labute approximate surface area is 210 Å². The topological polar surface area (TPSA) is 0 Å². The van der Waals surface area contributed by atoms with Crippen LogP contribution in [0.25, 0.3) is 0 Å². The first kappa shape index (κ1) is 26.8. The van der Waals surface area contributed by atoms with Crippen LogP contribution in [0.3, 0.4) is 0 Å². The van der Waals surface area contributed by atoms with Gasteiger partial charge in [-0.05, 0) is 0 Å². The Bertz CT molecular complexity index is 872. The van der Waals surface area contributed by atoms with Crippen molar-refractivity contribution in [2.24, 2.45) is 0 Å². The number of hydrogen-bond acceptors (Lipinski definition) is 0. The van der Waals surface area contributed by atoms with Gasteiger partial charge in [0.25, 0.3) is 0 Å². The summed E-state index contributed by atoms with van der Waals surface area (Å²) in [5, 5.41) is 0. The molecular formula is C26H23Cl3Ti. The fraction of sp³-hybridized carbons (Fsp3) is 0.154. The third-order valence-electron chi connectivity index (χ3n) is 5.62. The molecule has 0 amide bonds. The summed E-state index contributed by atoms with van der Waals surface area (Å²) >= 11 is 2.37. The summed E-state index contributed by atoms with van der Waals surface area (Å²) in [6, 6.07) is 32.9. The van der Waals surface area contributed by atoms with E-state index in [1.54, 1.807) is 0 Å². The van der Waals surface area contributed by atoms with E-state index in [1.165, 1.54) is 22.3 Å². The van der Waals surface area contributed by atoms with Crippen molar-refractivity contribution in [1.82, 2.24) is 0 Å². The monoisotopic (exact) mass is 488 g/mol. The van der Waals surface area contributed by atoms with Crippen LogP contribution >= 0.6 is 0 Å². The van der Waals surface area contributed by atoms with E-state index in [0.717, 1.165) is 6.42 Å². The molecule has 1 atom stereocenters. The van der Waals surface area contributed by atoms with Crippen LogP contribution in [0.5, 0.6) is 0 Å². The van der Waals surface area contributed by atoms with Crippen LogP contribution in [0.2, 0.25) is 3.72 Å². The summed E-state index contributed by atoms with van der Waals surface area (Å²) in [5.74, 6) is 0. The molecule has 1 aliphatic rings. The van der Waals surface area contributed by atoms with Crippen LogP contribution in [-0.2, 0) is 25.9 Å². The maximum absolute atomic E-state index is 2.47. The summed E-state index contributed by atoms with van der Waals surface area (Å²) in [6.07, 6.45) is 8.24. The minimum atomic E-state index is -0.288. The number of halogens is 3. The molecule has 0 heterocycles. The molecular weight excluding hydrogens is 467 g/mol. The Morgan fingerprint density at radius 3 is 1.33 bits per heavy atom. The van der Waals surface area contributed by atoms with Gasteiger partial charge in [0.05, 0.1) is 0 Å². The third-order valence-corrected chi connectivity index (χ3v) is 6.69. The maximum atomic E-state index is 2.47. The number of hydrogen-bond donors (Lipinski definition) is 0. The SMILES string of the molecule is CCC1=C[C]([Ti+3])(C(c2ccccc2)(c2ccccc2)c2ccccc2)C=C1.[Cl-].[Cl-].[Cl-]. The largest absolute Gasteiger partial charge is 1.00 e. The molecule has 0 radical (unpaired) electrons. The molecule has 4 heteroatoms. The smallest absolute Gasteiger partial charge is 1.00 e. The number of allylic oxidation sites excluding steroid dienone is 4. The van der Waals surface area contributed by atoms with Gasteiger partial charge in [0.15, 0.2) is 0 Å². The van der Waals surface area contributed by atoms with Gasteiger partial charge >= 0.3 is 174 Å². The van der Waals surface area contributed by atoms with Crippen LogP contribution in [0.15, 0.2) is 115 Å². The van der Waals surface area contributed by atoms with Gasteiger partial charge in [0.2, 0.25) is 0 Å². The van der Waals surface area contributed by atoms with Crippen molar-refractivity contribution in [2.45, 2.75) is 22.5 Å². The zero-order valence-electron chi connectivity index (χ0n) is 16.7. The van der Waals surface area contributed by atoms with Gasteiger partial charge in [-0.1, -0.05) is 0 Å². The van der Waals surface area contributed by atoms with E-state index in [4.69, 9.17) is 0 Å². The fourth-order valence-corrected chi connectivity index (χ4v) is 5.46. The fourth-order valence-electron chi connectivity index (χ4n) is 4.36. The first-order valence-electron chi connectivity index (χ1n) is 9.53. The maximum Gasteiger partial charge on any atom is -1.00 e. The minimum Gasteiger partial charge on any atom is -1.00 e. The zero-order valence-corrected chi connectivity index (χ0v) is 20.6. The molecule has 1 unspecified atom stereocenters. The van der Waals surface area contributed by atoms with E-state index in [9.17, 15) is 0 Å². The van der Waals surface area contributed by atoms with Crippen molar-refractivity contribution in [3.8, 4) is 0 Å². The molecule has 0 saturated heterocycles. The standard InChI is InChI=1S/C26H23.3ClH.Ti/c1-2-21-18-19-25(20-21)26(22-12-6-3-7-13-22,23-14-8-4-9-15-23)24-16-10-5-11-17-24;;;;/h3-20H,2H2,1H3;3*1H;/q;;;;+3/p-3. The van der Waals surface area contributed by atoms with Crippen molar-refractivity contribution >= 4 is 0 Å². The van der Waals surface area contributed by atoms with Crippen LogP contribution < -0.4 is 37.2 Å². The minimum absolute atomic E-state index is 0. The summed E-state index contributed by atoms with van der Waals surface area (Å²) in [7, 11) is 0. The Hall–Kier alpha value is -1.28. The summed E-state index contributed by atoms with van der Waals surface area (Å²) < 4.78 is -0.150. The molecule has 0 aliphatic heterocycles. The first-order chi connectivity index (χ1) is 13.2. The number of rotatable bonds is 5. The number of benzene rings is 3. The zero-order chi connectivity index (χ0) is 18.7. The van der Waals surface area contributed by atoms with E-state index in [0.29, 0.717) is 0 Å². The Balaban J connectivity index is 0.00000150. The van der Waals surface area contributed by atoms with Crippen molar-refractivity contribution in [2.75, 3.05) is 0 Å². The normalized spacial score (nSPS) is 17.2. The molecule has 0 aromatic heterocycles. The average molecular weight is 490 g/mol. The molecule has 3 aromatic rings. The van der Waals surface area contributed by atoms with Crippen molar-refractivity contribution in [3.05, 3.63) is 131 Å². The van der Waals surface area contributed by atoms with Crippen molar-refractivity contribution < 1.29 is 57.7 Å². The van der Waals surface area contributed by atoms with Gasteiger partial charge in [-0.2, -0.15) is 0 Å². The molecule has 0 N–H and O–H groups in total. The molecule has 0 spiro atoms. The van der Waals surface area contributed by atoms with Gasteiger partial charge in [-0.15, -0.1) is 0 Å². The summed E-state index contributed by atoms with van der Waals surface area (Å²) in [5.41, 5.74) is 5.09. The molecule has 0 saturated carbocycles. The van der Waals surface area contributed by atoms with E-state index in [2.05, 4.69) is 137 Å². The molecule has 30 heavy (non-hydrogen) atoms. The van der Waals surface area contributed by atoms with Crippen LogP contribution in [0.1, 0.15) is 30.0 Å². The summed E-state index contributed by atoms with van der Waals surface area (Å²) in [4.78, 5) is 0. The Morgan fingerprint density at radius 1 is 0.667 bits per heavy atom. The molecule has 152 valence electrons. The van der Waals surface area contributed by atoms with Gasteiger partial charge < -0.3 is 37.2 Å². The second kappa shape index (κ2) is 11.4. The molecule has 0 fully saturated rings. The average Bonchev–Trinajstić information content (AvgIpc) is 3.13. The molecule has 4 rings (SSSR count). The second-order valence-corrected chi connectivity index (χ2v) is 8.42. The van der Waals surface area contributed by atoms with Gasteiger partial charge in [0, 0.05) is 0 Å². The Morgan fingerprint density at radius 2 is 1.03 bits per heavy atom. The molecule has 3 aromatic carbocycles. The predicted molar refractivity (Wildman–Crippen MR) is 109 cm³/mol. The van der Waals surface area contributed by atoms with Crippen LogP contribution in [-0.4, -0.2) is 0 Å². The van der Waals surface area contributed by atoms with Gasteiger partial charge in [-0.25, -0.2) is 0 Å².